The Kier molecular flexibility index (Phi) is 7.48. The molecule has 8 heteroatoms. The van der Waals surface area contributed by atoms with Crippen LogP contribution >= 0.6 is 11.8 Å². The van der Waals surface area contributed by atoms with Crippen LogP contribution in [-0.4, -0.2) is 27.4 Å². The van der Waals surface area contributed by atoms with Gasteiger partial charge in [0.25, 0.3) is 5.69 Å². The highest BCUT2D eigenvalue weighted by atomic mass is 32.2. The van der Waals surface area contributed by atoms with E-state index in [1.165, 1.54) is 35.0 Å². The predicted molar refractivity (Wildman–Crippen MR) is 130 cm³/mol. The Bertz CT molecular complexity index is 1170. The molecule has 0 atom stereocenters. The number of aryl methyl sites for hydroxylation is 3. The second-order valence-corrected chi connectivity index (χ2v) is 8.65. The number of aromatic nitrogens is 1. The lowest BCUT2D eigenvalue weighted by molar-refractivity contribution is -0.384. The summed E-state index contributed by atoms with van der Waals surface area (Å²) in [5.41, 5.74) is 10.2. The number of nitrogens with zero attached hydrogens (tertiary/aromatic N) is 3. The van der Waals surface area contributed by atoms with Crippen LogP contribution in [-0.2, 0) is 10.5 Å². The van der Waals surface area contributed by atoms with Crippen LogP contribution in [0.5, 0.6) is 0 Å². The second-order valence-electron chi connectivity index (χ2n) is 7.66. The Morgan fingerprint density at radius 2 is 1.84 bits per heavy atom. The molecule has 0 aliphatic rings. The summed E-state index contributed by atoms with van der Waals surface area (Å²) >= 11 is 1.42. The number of thioether (sulfide) groups is 1. The van der Waals surface area contributed by atoms with E-state index < -0.39 is 4.92 Å². The molecular formula is C24H26N4O3S. The van der Waals surface area contributed by atoms with Gasteiger partial charge in [-0.3, -0.25) is 14.9 Å². The number of benzene rings is 2. The van der Waals surface area contributed by atoms with Gasteiger partial charge >= 0.3 is 0 Å². The summed E-state index contributed by atoms with van der Waals surface area (Å²) in [5.74, 6) is 0.638. The van der Waals surface area contributed by atoms with Gasteiger partial charge in [-0.2, -0.15) is 5.10 Å². The summed E-state index contributed by atoms with van der Waals surface area (Å²) in [7, 11) is 0. The number of hydrogen-bond acceptors (Lipinski definition) is 5. The van der Waals surface area contributed by atoms with E-state index in [2.05, 4.69) is 54.1 Å². The second kappa shape index (κ2) is 10.3. The van der Waals surface area contributed by atoms with E-state index in [0.29, 0.717) is 5.75 Å². The largest absolute Gasteiger partial charge is 0.318 e. The van der Waals surface area contributed by atoms with E-state index in [9.17, 15) is 14.9 Å². The monoisotopic (exact) mass is 450 g/mol. The summed E-state index contributed by atoms with van der Waals surface area (Å²) in [6, 6.07) is 14.8. The zero-order chi connectivity index (χ0) is 23.3. The van der Waals surface area contributed by atoms with E-state index in [1.807, 2.05) is 13.0 Å². The highest BCUT2D eigenvalue weighted by Crippen LogP contribution is 2.23. The number of hydrazone groups is 1. The lowest BCUT2D eigenvalue weighted by Crippen LogP contribution is -2.19. The normalized spacial score (nSPS) is 11.1. The van der Waals surface area contributed by atoms with Crippen LogP contribution in [0.3, 0.4) is 0 Å². The number of non-ortho nitro benzene ring substituents is 1. The van der Waals surface area contributed by atoms with Crippen LogP contribution in [0.2, 0.25) is 0 Å². The molecule has 166 valence electrons. The predicted octanol–water partition coefficient (Wildman–Crippen LogP) is 5.00. The fourth-order valence-corrected chi connectivity index (χ4v) is 4.31. The molecule has 1 amide bonds. The molecule has 3 rings (SSSR count). The van der Waals surface area contributed by atoms with E-state index in [0.717, 1.165) is 28.2 Å². The molecule has 0 spiro atoms. The van der Waals surface area contributed by atoms with E-state index >= 15 is 0 Å². The molecule has 2 aromatic carbocycles. The average molecular weight is 451 g/mol. The first-order chi connectivity index (χ1) is 15.3. The highest BCUT2D eigenvalue weighted by Gasteiger charge is 2.11. The number of nitrogens with one attached hydrogen (secondary N) is 1. The molecule has 0 aliphatic carbocycles. The molecule has 0 saturated heterocycles. The van der Waals surface area contributed by atoms with Crippen molar-refractivity contribution in [1.82, 2.24) is 9.99 Å². The molecule has 0 saturated carbocycles. The maximum absolute atomic E-state index is 12.1. The van der Waals surface area contributed by atoms with Crippen molar-refractivity contribution in [3.63, 3.8) is 0 Å². The molecule has 1 heterocycles. The van der Waals surface area contributed by atoms with Gasteiger partial charge in [-0.15, -0.1) is 11.8 Å². The van der Waals surface area contributed by atoms with Crippen LogP contribution in [0.1, 0.15) is 33.6 Å². The van der Waals surface area contributed by atoms with Crippen molar-refractivity contribution >= 4 is 29.6 Å². The van der Waals surface area contributed by atoms with Crippen LogP contribution in [0.25, 0.3) is 5.69 Å². The first-order valence-corrected chi connectivity index (χ1v) is 11.3. The van der Waals surface area contributed by atoms with Crippen molar-refractivity contribution in [2.45, 2.75) is 33.4 Å². The van der Waals surface area contributed by atoms with E-state index in [-0.39, 0.29) is 17.3 Å². The SMILES string of the molecule is Cc1ccc(-n2c(C)cc(/C=N/NC(=O)CSCc3ccc([N+](=O)[O-])cc3)c2C)c(C)c1. The van der Waals surface area contributed by atoms with Gasteiger partial charge in [0.1, 0.15) is 0 Å². The number of carbonyl (C=O) groups excluding carboxylic acids is 1. The molecule has 1 aromatic heterocycles. The zero-order valence-corrected chi connectivity index (χ0v) is 19.4. The summed E-state index contributed by atoms with van der Waals surface area (Å²) < 4.78 is 2.19. The minimum absolute atomic E-state index is 0.0581. The maximum atomic E-state index is 12.1. The minimum Gasteiger partial charge on any atom is -0.318 e. The zero-order valence-electron chi connectivity index (χ0n) is 18.6. The molecule has 0 unspecified atom stereocenters. The molecule has 3 aromatic rings. The fourth-order valence-electron chi connectivity index (χ4n) is 3.53. The average Bonchev–Trinajstić information content (AvgIpc) is 3.02. The smallest absolute Gasteiger partial charge is 0.269 e. The first-order valence-electron chi connectivity index (χ1n) is 10.2. The minimum atomic E-state index is -0.429. The number of rotatable bonds is 8. The lowest BCUT2D eigenvalue weighted by atomic mass is 10.1. The quantitative estimate of drug-likeness (QED) is 0.297. The third-order valence-electron chi connectivity index (χ3n) is 5.11. The Hall–Kier alpha value is -3.39. The molecule has 0 aliphatic heterocycles. The van der Waals surface area contributed by atoms with E-state index in [4.69, 9.17) is 0 Å². The molecule has 0 radical (unpaired) electrons. The van der Waals surface area contributed by atoms with Crippen molar-refractivity contribution in [3.8, 4) is 5.69 Å². The van der Waals surface area contributed by atoms with Crippen LogP contribution in [0.15, 0.2) is 53.6 Å². The maximum Gasteiger partial charge on any atom is 0.269 e. The Morgan fingerprint density at radius 1 is 1.12 bits per heavy atom. The van der Waals surface area contributed by atoms with Crippen molar-refractivity contribution in [3.05, 3.63) is 92.3 Å². The first kappa shape index (κ1) is 23.3. The Balaban J connectivity index is 1.55. The van der Waals surface area contributed by atoms with Gasteiger partial charge in [-0.1, -0.05) is 29.8 Å². The third kappa shape index (κ3) is 5.64. The van der Waals surface area contributed by atoms with Crippen LogP contribution in [0, 0.1) is 37.8 Å². The summed E-state index contributed by atoms with van der Waals surface area (Å²) in [6.45, 7) is 8.27. The van der Waals surface area contributed by atoms with Crippen molar-refractivity contribution in [2.24, 2.45) is 5.10 Å². The summed E-state index contributed by atoms with van der Waals surface area (Å²) in [4.78, 5) is 22.3. The van der Waals surface area contributed by atoms with Gasteiger partial charge in [0.2, 0.25) is 5.91 Å². The van der Waals surface area contributed by atoms with Crippen LogP contribution < -0.4 is 5.43 Å². The number of carbonyl (C=O) groups is 1. The Morgan fingerprint density at radius 3 is 2.50 bits per heavy atom. The van der Waals surface area contributed by atoms with Gasteiger partial charge in [0, 0.05) is 40.5 Å². The summed E-state index contributed by atoms with van der Waals surface area (Å²) in [5, 5.41) is 14.8. The number of nitro groups is 1. The number of amides is 1. The lowest BCUT2D eigenvalue weighted by Gasteiger charge is -2.13. The van der Waals surface area contributed by atoms with Gasteiger partial charge in [0.15, 0.2) is 0 Å². The van der Waals surface area contributed by atoms with Crippen molar-refractivity contribution in [1.29, 1.82) is 0 Å². The highest BCUT2D eigenvalue weighted by molar-refractivity contribution is 7.99. The molecular weight excluding hydrogens is 424 g/mol. The van der Waals surface area contributed by atoms with Gasteiger partial charge < -0.3 is 4.57 Å². The number of hydrogen-bond donors (Lipinski definition) is 1. The topological polar surface area (TPSA) is 89.5 Å². The van der Waals surface area contributed by atoms with Crippen molar-refractivity contribution in [2.75, 3.05) is 5.75 Å². The standard InChI is InChI=1S/C24H26N4O3S/c1-16-5-10-23(17(2)11-16)27-18(3)12-21(19(27)4)13-25-26-24(29)15-32-14-20-6-8-22(9-7-20)28(30)31/h5-13H,14-15H2,1-4H3,(H,26,29)/b25-13+. The van der Waals surface area contributed by atoms with E-state index in [1.54, 1.807) is 18.3 Å². The molecule has 7 nitrogen and oxygen atoms in total. The molecule has 0 fully saturated rings. The molecule has 0 bridgehead atoms. The van der Waals surface area contributed by atoms with Gasteiger partial charge in [-0.05, 0) is 51.0 Å². The third-order valence-corrected chi connectivity index (χ3v) is 6.11. The molecule has 1 N–H and O–H groups in total. The number of nitro benzene ring substituents is 1. The molecule has 32 heavy (non-hydrogen) atoms. The summed E-state index contributed by atoms with van der Waals surface area (Å²) in [6.07, 6.45) is 1.67. The van der Waals surface area contributed by atoms with Gasteiger partial charge in [-0.25, -0.2) is 5.43 Å². The Labute approximate surface area is 191 Å². The van der Waals surface area contributed by atoms with Crippen LogP contribution in [0.4, 0.5) is 5.69 Å². The van der Waals surface area contributed by atoms with Crippen molar-refractivity contribution < 1.29 is 9.72 Å². The van der Waals surface area contributed by atoms with Gasteiger partial charge in [0.05, 0.1) is 16.9 Å². The fraction of sp³-hybridized carbons (Fsp3) is 0.250.